The number of carbonyl (C=O) groups is 1. The summed E-state index contributed by atoms with van der Waals surface area (Å²) in [6, 6.07) is 0. The molecule has 3 aliphatic heterocycles. The first-order valence-corrected chi connectivity index (χ1v) is 8.16. The van der Waals surface area contributed by atoms with E-state index in [9.17, 15) is 4.79 Å². The third-order valence-electron chi connectivity index (χ3n) is 4.77. The lowest BCUT2D eigenvalue weighted by Gasteiger charge is -2.30. The first kappa shape index (κ1) is 20.0. The maximum absolute atomic E-state index is 12.4. The molecule has 3 rings (SSSR count). The molecular weight excluding hydrogens is 325 g/mol. The van der Waals surface area contributed by atoms with E-state index in [4.69, 9.17) is 4.74 Å². The van der Waals surface area contributed by atoms with Gasteiger partial charge in [0.1, 0.15) is 6.10 Å². The minimum atomic E-state index is -0.252. The van der Waals surface area contributed by atoms with Crippen LogP contribution < -0.4 is 5.32 Å². The molecular formula is C15H29Cl2N3O2. The number of halogens is 2. The molecule has 7 heteroatoms. The number of nitrogens with zero attached hydrogens (tertiary/aromatic N) is 2. The van der Waals surface area contributed by atoms with Crippen LogP contribution in [0.25, 0.3) is 0 Å². The Morgan fingerprint density at radius 2 is 1.91 bits per heavy atom. The van der Waals surface area contributed by atoms with E-state index in [1.54, 1.807) is 0 Å². The molecule has 0 spiro atoms. The number of hydrogen-bond donors (Lipinski definition) is 1. The van der Waals surface area contributed by atoms with E-state index >= 15 is 0 Å². The van der Waals surface area contributed by atoms with Crippen molar-refractivity contribution in [1.29, 1.82) is 0 Å². The summed E-state index contributed by atoms with van der Waals surface area (Å²) < 4.78 is 5.57. The smallest absolute Gasteiger partial charge is 0.253 e. The van der Waals surface area contributed by atoms with Crippen LogP contribution in [0.1, 0.15) is 25.7 Å². The van der Waals surface area contributed by atoms with Gasteiger partial charge < -0.3 is 19.9 Å². The van der Waals surface area contributed by atoms with Gasteiger partial charge in [0, 0.05) is 32.7 Å². The molecule has 0 radical (unpaired) electrons. The zero-order valence-corrected chi connectivity index (χ0v) is 14.8. The summed E-state index contributed by atoms with van der Waals surface area (Å²) in [7, 11) is 0. The zero-order valence-electron chi connectivity index (χ0n) is 13.2. The van der Waals surface area contributed by atoms with Gasteiger partial charge in [-0.05, 0) is 38.3 Å². The van der Waals surface area contributed by atoms with Crippen LogP contribution in [0.3, 0.4) is 0 Å². The number of rotatable bonds is 3. The summed E-state index contributed by atoms with van der Waals surface area (Å²) >= 11 is 0. The van der Waals surface area contributed by atoms with E-state index in [0.717, 1.165) is 26.1 Å². The molecule has 3 fully saturated rings. The lowest BCUT2D eigenvalue weighted by atomic mass is 10.1. The number of ether oxygens (including phenoxy) is 1. The lowest BCUT2D eigenvalue weighted by Crippen LogP contribution is -2.49. The molecule has 5 nitrogen and oxygen atoms in total. The highest BCUT2D eigenvalue weighted by Gasteiger charge is 2.32. The minimum absolute atomic E-state index is 0. The lowest BCUT2D eigenvalue weighted by molar-refractivity contribution is -0.144. The Morgan fingerprint density at radius 3 is 2.59 bits per heavy atom. The Hall–Kier alpha value is -0.0700. The maximum atomic E-state index is 12.4. The van der Waals surface area contributed by atoms with Gasteiger partial charge >= 0.3 is 0 Å². The Balaban J connectivity index is 0.00000121. The Morgan fingerprint density at radius 1 is 1.14 bits per heavy atom. The molecule has 0 saturated carbocycles. The van der Waals surface area contributed by atoms with Crippen molar-refractivity contribution in [2.24, 2.45) is 5.92 Å². The number of nitrogens with one attached hydrogen (secondary N) is 1. The number of morpholine rings is 1. The van der Waals surface area contributed by atoms with E-state index < -0.39 is 0 Å². The third kappa shape index (κ3) is 5.24. The second-order valence-electron chi connectivity index (χ2n) is 6.36. The number of likely N-dealkylation sites (tertiary alicyclic amines) is 2. The fourth-order valence-electron chi connectivity index (χ4n) is 3.62. The molecule has 3 aliphatic rings. The summed E-state index contributed by atoms with van der Waals surface area (Å²) in [5.74, 6) is 0.854. The van der Waals surface area contributed by atoms with Crippen molar-refractivity contribution in [2.45, 2.75) is 31.8 Å². The minimum Gasteiger partial charge on any atom is -0.366 e. The summed E-state index contributed by atoms with van der Waals surface area (Å²) in [5, 5.41) is 3.24. The van der Waals surface area contributed by atoms with Crippen LogP contribution in [0.15, 0.2) is 0 Å². The van der Waals surface area contributed by atoms with Crippen LogP contribution in [0.2, 0.25) is 0 Å². The van der Waals surface area contributed by atoms with Crippen molar-refractivity contribution in [3.63, 3.8) is 0 Å². The zero-order chi connectivity index (χ0) is 13.8. The van der Waals surface area contributed by atoms with Crippen molar-refractivity contribution in [3.05, 3.63) is 0 Å². The van der Waals surface area contributed by atoms with Gasteiger partial charge in [0.15, 0.2) is 0 Å². The summed E-state index contributed by atoms with van der Waals surface area (Å²) in [6.07, 6.45) is 4.98. The van der Waals surface area contributed by atoms with Crippen LogP contribution in [-0.2, 0) is 9.53 Å². The second-order valence-corrected chi connectivity index (χ2v) is 6.36. The highest BCUT2D eigenvalue weighted by molar-refractivity contribution is 5.85. The van der Waals surface area contributed by atoms with E-state index in [1.165, 1.54) is 38.9 Å². The molecule has 0 aromatic rings. The van der Waals surface area contributed by atoms with Gasteiger partial charge in [0.2, 0.25) is 0 Å². The number of amides is 1. The molecule has 0 aromatic heterocycles. The van der Waals surface area contributed by atoms with Crippen LogP contribution in [0, 0.1) is 5.92 Å². The second kappa shape index (κ2) is 9.93. The number of piperidine rings is 1. The van der Waals surface area contributed by atoms with Crippen LogP contribution in [0.4, 0.5) is 0 Å². The van der Waals surface area contributed by atoms with Gasteiger partial charge in [-0.1, -0.05) is 6.42 Å². The van der Waals surface area contributed by atoms with Gasteiger partial charge in [-0.2, -0.15) is 0 Å². The molecule has 3 heterocycles. The standard InChI is InChI=1S/C15H27N3O2.2ClH/c19-15(14-10-16-5-9-20-14)18-8-4-13(12-18)11-17-6-2-1-3-7-17;;/h13-14,16H,1-12H2;2*1H. The van der Waals surface area contributed by atoms with Crippen molar-refractivity contribution in [2.75, 3.05) is 52.4 Å². The molecule has 130 valence electrons. The van der Waals surface area contributed by atoms with Crippen LogP contribution in [0.5, 0.6) is 0 Å². The highest BCUT2D eigenvalue weighted by Crippen LogP contribution is 2.21. The van der Waals surface area contributed by atoms with Crippen molar-refractivity contribution in [3.8, 4) is 0 Å². The monoisotopic (exact) mass is 353 g/mol. The molecule has 0 aromatic carbocycles. The Bertz CT molecular complexity index is 335. The van der Waals surface area contributed by atoms with Gasteiger partial charge in [0.05, 0.1) is 6.61 Å². The molecule has 2 atom stereocenters. The Kier molecular flexibility index (Phi) is 9.02. The summed E-state index contributed by atoms with van der Waals surface area (Å²) in [4.78, 5) is 17.0. The van der Waals surface area contributed by atoms with E-state index in [-0.39, 0.29) is 36.8 Å². The SMILES string of the molecule is Cl.Cl.O=C(C1CNCCO1)N1CCC(CN2CCCCC2)C1. The fraction of sp³-hybridized carbons (Fsp3) is 0.933. The normalized spacial score (nSPS) is 29.5. The van der Waals surface area contributed by atoms with Crippen LogP contribution in [-0.4, -0.2) is 74.2 Å². The Labute approximate surface area is 145 Å². The summed E-state index contributed by atoms with van der Waals surface area (Å²) in [6.45, 7) is 7.70. The van der Waals surface area contributed by atoms with E-state index in [1.807, 2.05) is 4.90 Å². The van der Waals surface area contributed by atoms with Gasteiger partial charge in [-0.3, -0.25) is 4.79 Å². The van der Waals surface area contributed by atoms with Gasteiger partial charge in [0.25, 0.3) is 5.91 Å². The molecule has 3 saturated heterocycles. The molecule has 0 bridgehead atoms. The van der Waals surface area contributed by atoms with Crippen LogP contribution >= 0.6 is 24.8 Å². The molecule has 1 N–H and O–H groups in total. The van der Waals surface area contributed by atoms with Crippen molar-refractivity contribution < 1.29 is 9.53 Å². The molecule has 0 aliphatic carbocycles. The first-order chi connectivity index (χ1) is 9.83. The average Bonchev–Trinajstić information content (AvgIpc) is 2.97. The number of hydrogen-bond acceptors (Lipinski definition) is 4. The predicted octanol–water partition coefficient (Wildman–Crippen LogP) is 1.15. The molecule has 2 unspecified atom stereocenters. The van der Waals surface area contributed by atoms with Gasteiger partial charge in [-0.25, -0.2) is 0 Å². The quantitative estimate of drug-likeness (QED) is 0.826. The largest absolute Gasteiger partial charge is 0.366 e. The summed E-state index contributed by atoms with van der Waals surface area (Å²) in [5.41, 5.74) is 0. The first-order valence-electron chi connectivity index (χ1n) is 8.16. The average molecular weight is 354 g/mol. The third-order valence-corrected chi connectivity index (χ3v) is 4.77. The van der Waals surface area contributed by atoms with E-state index in [0.29, 0.717) is 19.1 Å². The van der Waals surface area contributed by atoms with Gasteiger partial charge in [-0.15, -0.1) is 24.8 Å². The highest BCUT2D eigenvalue weighted by atomic mass is 35.5. The molecule has 1 amide bonds. The number of carbonyl (C=O) groups excluding carboxylic acids is 1. The van der Waals surface area contributed by atoms with Crippen molar-refractivity contribution >= 4 is 30.7 Å². The topological polar surface area (TPSA) is 44.8 Å². The predicted molar refractivity (Wildman–Crippen MR) is 92.1 cm³/mol. The fourth-order valence-corrected chi connectivity index (χ4v) is 3.62. The molecule has 22 heavy (non-hydrogen) atoms. The van der Waals surface area contributed by atoms with Crippen molar-refractivity contribution in [1.82, 2.24) is 15.1 Å². The van der Waals surface area contributed by atoms with E-state index in [2.05, 4.69) is 10.2 Å². The maximum Gasteiger partial charge on any atom is 0.253 e.